The van der Waals surface area contributed by atoms with Crippen molar-refractivity contribution in [2.75, 3.05) is 13.1 Å². The van der Waals surface area contributed by atoms with Gasteiger partial charge in [0, 0.05) is 12.4 Å². The SMILES string of the molecule is c1ncc(CC2CCNC2)cn1. The van der Waals surface area contributed by atoms with Crippen LogP contribution in [-0.2, 0) is 6.42 Å². The fraction of sp³-hybridized carbons (Fsp3) is 0.556. The second kappa shape index (κ2) is 3.63. The summed E-state index contributed by atoms with van der Waals surface area (Å²) in [5, 5.41) is 3.35. The van der Waals surface area contributed by atoms with Gasteiger partial charge < -0.3 is 5.32 Å². The lowest BCUT2D eigenvalue weighted by molar-refractivity contribution is 0.578. The summed E-state index contributed by atoms with van der Waals surface area (Å²) in [7, 11) is 0. The fourth-order valence-corrected chi connectivity index (χ4v) is 1.66. The molecule has 1 saturated heterocycles. The van der Waals surface area contributed by atoms with E-state index in [2.05, 4.69) is 15.3 Å². The molecule has 1 atom stereocenters. The van der Waals surface area contributed by atoms with Gasteiger partial charge in [-0.25, -0.2) is 9.97 Å². The maximum Gasteiger partial charge on any atom is 0.115 e. The zero-order valence-corrected chi connectivity index (χ0v) is 7.03. The molecule has 0 radical (unpaired) electrons. The quantitative estimate of drug-likeness (QED) is 0.695. The molecule has 3 nitrogen and oxygen atoms in total. The molecule has 0 aromatic carbocycles. The van der Waals surface area contributed by atoms with E-state index in [0.717, 1.165) is 18.9 Å². The molecule has 2 rings (SSSR count). The van der Waals surface area contributed by atoms with Crippen LogP contribution in [0.25, 0.3) is 0 Å². The van der Waals surface area contributed by atoms with Crippen molar-refractivity contribution >= 4 is 0 Å². The summed E-state index contributed by atoms with van der Waals surface area (Å²) >= 11 is 0. The highest BCUT2D eigenvalue weighted by molar-refractivity contribution is 5.04. The highest BCUT2D eigenvalue weighted by Gasteiger charge is 2.14. The van der Waals surface area contributed by atoms with Crippen molar-refractivity contribution in [2.45, 2.75) is 12.8 Å². The molecule has 1 aliphatic rings. The fourth-order valence-electron chi connectivity index (χ4n) is 1.66. The van der Waals surface area contributed by atoms with E-state index in [4.69, 9.17) is 0 Å². The summed E-state index contributed by atoms with van der Waals surface area (Å²) in [6.45, 7) is 2.31. The van der Waals surface area contributed by atoms with Gasteiger partial charge in [0.1, 0.15) is 6.33 Å². The van der Waals surface area contributed by atoms with Crippen LogP contribution < -0.4 is 5.32 Å². The van der Waals surface area contributed by atoms with Crippen LogP contribution in [0.4, 0.5) is 0 Å². The lowest BCUT2D eigenvalue weighted by atomic mass is 10.0. The number of rotatable bonds is 2. The van der Waals surface area contributed by atoms with E-state index in [0.29, 0.717) is 0 Å². The molecule has 12 heavy (non-hydrogen) atoms. The molecular formula is C9H13N3. The Balaban J connectivity index is 1.94. The van der Waals surface area contributed by atoms with E-state index in [1.54, 1.807) is 6.33 Å². The normalized spacial score (nSPS) is 22.8. The molecule has 1 aliphatic heterocycles. The average molecular weight is 163 g/mol. The van der Waals surface area contributed by atoms with Crippen LogP contribution >= 0.6 is 0 Å². The van der Waals surface area contributed by atoms with Gasteiger partial charge in [-0.2, -0.15) is 0 Å². The van der Waals surface area contributed by atoms with Crippen LogP contribution in [0, 0.1) is 5.92 Å². The predicted molar refractivity (Wildman–Crippen MR) is 46.7 cm³/mol. The maximum absolute atomic E-state index is 4.00. The monoisotopic (exact) mass is 163 g/mol. The topological polar surface area (TPSA) is 37.8 Å². The Morgan fingerprint density at radius 2 is 2.25 bits per heavy atom. The molecule has 0 spiro atoms. The van der Waals surface area contributed by atoms with Crippen LogP contribution in [0.1, 0.15) is 12.0 Å². The summed E-state index contributed by atoms with van der Waals surface area (Å²) in [6, 6.07) is 0. The van der Waals surface area contributed by atoms with Crippen LogP contribution in [0.3, 0.4) is 0 Å². The third kappa shape index (κ3) is 1.80. The number of hydrogen-bond acceptors (Lipinski definition) is 3. The van der Waals surface area contributed by atoms with Gasteiger partial charge in [0.15, 0.2) is 0 Å². The Kier molecular flexibility index (Phi) is 2.32. The molecule has 0 amide bonds. The lowest BCUT2D eigenvalue weighted by Gasteiger charge is -2.05. The first-order chi connectivity index (χ1) is 5.95. The highest BCUT2D eigenvalue weighted by Crippen LogP contribution is 2.13. The number of hydrogen-bond donors (Lipinski definition) is 1. The molecule has 0 saturated carbocycles. The molecule has 0 aliphatic carbocycles. The van der Waals surface area contributed by atoms with Gasteiger partial charge in [-0.3, -0.25) is 0 Å². The Bertz CT molecular complexity index is 229. The molecule has 1 aromatic heterocycles. The minimum Gasteiger partial charge on any atom is -0.316 e. The molecule has 1 aromatic rings. The van der Waals surface area contributed by atoms with Crippen molar-refractivity contribution in [2.24, 2.45) is 5.92 Å². The van der Waals surface area contributed by atoms with Crippen LogP contribution in [0.5, 0.6) is 0 Å². The molecule has 2 heterocycles. The van der Waals surface area contributed by atoms with E-state index >= 15 is 0 Å². The van der Waals surface area contributed by atoms with E-state index in [-0.39, 0.29) is 0 Å². The minimum atomic E-state index is 0.788. The zero-order valence-electron chi connectivity index (χ0n) is 7.03. The molecule has 64 valence electrons. The first-order valence-electron chi connectivity index (χ1n) is 4.40. The zero-order chi connectivity index (χ0) is 8.23. The van der Waals surface area contributed by atoms with E-state index in [1.165, 1.54) is 18.5 Å². The molecule has 1 N–H and O–H groups in total. The maximum atomic E-state index is 4.00. The van der Waals surface area contributed by atoms with Crippen LogP contribution in [-0.4, -0.2) is 23.1 Å². The Morgan fingerprint density at radius 3 is 2.92 bits per heavy atom. The van der Waals surface area contributed by atoms with E-state index in [1.807, 2.05) is 12.4 Å². The van der Waals surface area contributed by atoms with Gasteiger partial charge in [0.05, 0.1) is 0 Å². The second-order valence-electron chi connectivity index (χ2n) is 3.31. The van der Waals surface area contributed by atoms with Crippen molar-refractivity contribution in [3.63, 3.8) is 0 Å². The first kappa shape index (κ1) is 7.68. The van der Waals surface area contributed by atoms with Crippen molar-refractivity contribution in [1.29, 1.82) is 0 Å². The molecular weight excluding hydrogens is 150 g/mol. The summed E-state index contributed by atoms with van der Waals surface area (Å²) in [5.74, 6) is 0.788. The summed E-state index contributed by atoms with van der Waals surface area (Å²) in [6.07, 6.45) is 7.80. The number of nitrogens with one attached hydrogen (secondary N) is 1. The van der Waals surface area contributed by atoms with Gasteiger partial charge in [-0.15, -0.1) is 0 Å². The van der Waals surface area contributed by atoms with Crippen LogP contribution in [0.15, 0.2) is 18.7 Å². The smallest absolute Gasteiger partial charge is 0.115 e. The minimum absolute atomic E-state index is 0.788. The summed E-state index contributed by atoms with van der Waals surface area (Å²) < 4.78 is 0. The van der Waals surface area contributed by atoms with Gasteiger partial charge in [-0.05, 0) is 37.4 Å². The number of aromatic nitrogens is 2. The molecule has 1 fully saturated rings. The van der Waals surface area contributed by atoms with Crippen molar-refractivity contribution in [3.8, 4) is 0 Å². The Labute approximate surface area is 72.2 Å². The second-order valence-corrected chi connectivity index (χ2v) is 3.31. The van der Waals surface area contributed by atoms with Gasteiger partial charge >= 0.3 is 0 Å². The first-order valence-corrected chi connectivity index (χ1v) is 4.40. The lowest BCUT2D eigenvalue weighted by Crippen LogP contribution is -2.10. The summed E-state index contributed by atoms with van der Waals surface area (Å²) in [4.78, 5) is 7.99. The summed E-state index contributed by atoms with van der Waals surface area (Å²) in [5.41, 5.74) is 1.26. The molecule has 0 bridgehead atoms. The van der Waals surface area contributed by atoms with Crippen molar-refractivity contribution in [3.05, 3.63) is 24.3 Å². The Morgan fingerprint density at radius 1 is 1.42 bits per heavy atom. The molecule has 3 heteroatoms. The predicted octanol–water partition coefficient (Wildman–Crippen LogP) is 0.629. The third-order valence-electron chi connectivity index (χ3n) is 2.30. The standard InChI is InChI=1S/C9H13N3/c1-2-10-4-8(1)3-9-5-11-7-12-6-9/h5-8,10H,1-4H2. The largest absolute Gasteiger partial charge is 0.316 e. The van der Waals surface area contributed by atoms with Gasteiger partial charge in [0.25, 0.3) is 0 Å². The van der Waals surface area contributed by atoms with Crippen molar-refractivity contribution < 1.29 is 0 Å². The highest BCUT2D eigenvalue weighted by atomic mass is 14.9. The van der Waals surface area contributed by atoms with E-state index < -0.39 is 0 Å². The van der Waals surface area contributed by atoms with Gasteiger partial charge in [-0.1, -0.05) is 0 Å². The van der Waals surface area contributed by atoms with E-state index in [9.17, 15) is 0 Å². The number of nitrogens with zero attached hydrogens (tertiary/aromatic N) is 2. The Hall–Kier alpha value is -0.960. The van der Waals surface area contributed by atoms with Crippen LogP contribution in [0.2, 0.25) is 0 Å². The van der Waals surface area contributed by atoms with Gasteiger partial charge in [0.2, 0.25) is 0 Å². The molecule has 1 unspecified atom stereocenters. The average Bonchev–Trinajstić information content (AvgIpc) is 2.59. The van der Waals surface area contributed by atoms with Crippen molar-refractivity contribution in [1.82, 2.24) is 15.3 Å². The third-order valence-corrected chi connectivity index (χ3v) is 2.30.